The quantitative estimate of drug-likeness (QED) is 0.866. The molecule has 19 heavy (non-hydrogen) atoms. The number of aromatic nitrogens is 2. The normalized spacial score (nSPS) is 10.8. The molecule has 0 aliphatic rings. The Bertz CT molecular complexity index is 579. The molecule has 2 aromatic rings. The number of para-hydroxylation sites is 1. The van der Waals surface area contributed by atoms with Crippen molar-refractivity contribution < 1.29 is 4.74 Å². The number of ether oxygens (including phenoxy) is 1. The maximum absolute atomic E-state index is 5.91. The first kappa shape index (κ1) is 13.8. The first-order chi connectivity index (χ1) is 8.97. The number of benzene rings is 1. The Balaban J connectivity index is 2.38. The van der Waals surface area contributed by atoms with Gasteiger partial charge in [-0.2, -0.15) is 4.98 Å². The van der Waals surface area contributed by atoms with E-state index in [2.05, 4.69) is 25.9 Å². The number of hydrogen-bond donors (Lipinski definition) is 1. The molecular formula is C14H16BrN3O. The van der Waals surface area contributed by atoms with Gasteiger partial charge in [0.2, 0.25) is 5.88 Å². The number of aryl methyl sites for hydroxylation is 1. The van der Waals surface area contributed by atoms with Crippen LogP contribution in [0.4, 0.5) is 5.69 Å². The summed E-state index contributed by atoms with van der Waals surface area (Å²) in [7, 11) is 0. The summed E-state index contributed by atoms with van der Waals surface area (Å²) < 4.78 is 6.59. The van der Waals surface area contributed by atoms with Gasteiger partial charge in [-0.3, -0.25) is 0 Å². The maximum atomic E-state index is 5.91. The van der Waals surface area contributed by atoms with Gasteiger partial charge in [0.15, 0.2) is 5.75 Å². The molecule has 0 aliphatic carbocycles. The zero-order chi connectivity index (χ0) is 14.0. The average molecular weight is 322 g/mol. The second-order valence-electron chi connectivity index (χ2n) is 4.62. The summed E-state index contributed by atoms with van der Waals surface area (Å²) >= 11 is 3.42. The van der Waals surface area contributed by atoms with Crippen LogP contribution in [0.5, 0.6) is 11.6 Å². The van der Waals surface area contributed by atoms with Crippen LogP contribution in [0.25, 0.3) is 0 Å². The summed E-state index contributed by atoms with van der Waals surface area (Å²) in [6.45, 7) is 6.01. The van der Waals surface area contributed by atoms with Crippen molar-refractivity contribution in [1.29, 1.82) is 0 Å². The van der Waals surface area contributed by atoms with Crippen molar-refractivity contribution >= 4 is 21.6 Å². The summed E-state index contributed by atoms with van der Waals surface area (Å²) in [6.07, 6.45) is 0. The first-order valence-electron chi connectivity index (χ1n) is 6.05. The Morgan fingerprint density at radius 3 is 2.63 bits per heavy atom. The van der Waals surface area contributed by atoms with Gasteiger partial charge in [-0.1, -0.05) is 19.9 Å². The maximum Gasteiger partial charge on any atom is 0.222 e. The van der Waals surface area contributed by atoms with Gasteiger partial charge in [-0.05, 0) is 35.0 Å². The summed E-state index contributed by atoms with van der Waals surface area (Å²) in [5.74, 6) is 2.10. The Kier molecular flexibility index (Phi) is 4.04. The lowest BCUT2D eigenvalue weighted by atomic mass is 10.2. The van der Waals surface area contributed by atoms with E-state index in [1.165, 1.54) is 0 Å². The summed E-state index contributed by atoms with van der Waals surface area (Å²) in [4.78, 5) is 8.79. The molecule has 0 saturated carbocycles. The lowest BCUT2D eigenvalue weighted by Gasteiger charge is -2.12. The molecule has 0 bridgehead atoms. The van der Waals surface area contributed by atoms with Crippen molar-refractivity contribution in [3.05, 3.63) is 40.3 Å². The van der Waals surface area contributed by atoms with E-state index in [0.29, 0.717) is 17.3 Å². The Morgan fingerprint density at radius 2 is 2.00 bits per heavy atom. The zero-order valence-electron chi connectivity index (χ0n) is 11.1. The van der Waals surface area contributed by atoms with Crippen LogP contribution in [0, 0.1) is 6.92 Å². The molecule has 2 N–H and O–H groups in total. The van der Waals surface area contributed by atoms with Gasteiger partial charge >= 0.3 is 0 Å². The Hall–Kier alpha value is -1.62. The van der Waals surface area contributed by atoms with E-state index in [-0.39, 0.29) is 5.92 Å². The summed E-state index contributed by atoms with van der Waals surface area (Å²) in [5.41, 5.74) is 7.35. The number of hydrogen-bond acceptors (Lipinski definition) is 4. The molecule has 0 radical (unpaired) electrons. The molecule has 1 aromatic carbocycles. The summed E-state index contributed by atoms with van der Waals surface area (Å²) in [5, 5.41) is 0. The van der Waals surface area contributed by atoms with Gasteiger partial charge in [0, 0.05) is 17.7 Å². The van der Waals surface area contributed by atoms with E-state index in [9.17, 15) is 0 Å². The third-order valence-corrected chi connectivity index (χ3v) is 3.19. The van der Waals surface area contributed by atoms with Crippen molar-refractivity contribution in [3.8, 4) is 11.6 Å². The van der Waals surface area contributed by atoms with Crippen molar-refractivity contribution in [1.82, 2.24) is 9.97 Å². The minimum atomic E-state index is 0.249. The molecule has 0 aliphatic heterocycles. The molecule has 0 unspecified atom stereocenters. The second kappa shape index (κ2) is 5.57. The smallest absolute Gasteiger partial charge is 0.222 e. The minimum absolute atomic E-state index is 0.249. The molecule has 0 amide bonds. The molecule has 100 valence electrons. The van der Waals surface area contributed by atoms with Crippen LogP contribution in [0.3, 0.4) is 0 Å². The molecule has 1 aromatic heterocycles. The molecule has 0 saturated heterocycles. The monoisotopic (exact) mass is 321 g/mol. The van der Waals surface area contributed by atoms with Crippen LogP contribution in [-0.4, -0.2) is 9.97 Å². The first-order valence-corrected chi connectivity index (χ1v) is 6.84. The van der Waals surface area contributed by atoms with Crippen LogP contribution < -0.4 is 10.5 Å². The number of rotatable bonds is 3. The van der Waals surface area contributed by atoms with Crippen molar-refractivity contribution in [2.24, 2.45) is 0 Å². The van der Waals surface area contributed by atoms with E-state index in [1.807, 2.05) is 32.9 Å². The minimum Gasteiger partial charge on any atom is -0.436 e. The van der Waals surface area contributed by atoms with Crippen LogP contribution in [0.2, 0.25) is 0 Å². The molecule has 2 rings (SSSR count). The Morgan fingerprint density at radius 1 is 1.26 bits per heavy atom. The lowest BCUT2D eigenvalue weighted by molar-refractivity contribution is 0.455. The molecule has 0 atom stereocenters. The average Bonchev–Trinajstić information content (AvgIpc) is 2.33. The number of nitrogens with zero attached hydrogens (tertiary/aromatic N) is 2. The number of nitrogen functional groups attached to an aromatic ring is 1. The van der Waals surface area contributed by atoms with Crippen LogP contribution >= 0.6 is 15.9 Å². The molecule has 1 heterocycles. The molecule has 0 spiro atoms. The predicted octanol–water partition coefficient (Wildman–Crippen LogP) is 4.05. The fraction of sp³-hybridized carbons (Fsp3) is 0.286. The third-order valence-electron chi connectivity index (χ3n) is 2.57. The topological polar surface area (TPSA) is 61.0 Å². The second-order valence-corrected chi connectivity index (χ2v) is 5.48. The van der Waals surface area contributed by atoms with E-state index >= 15 is 0 Å². The van der Waals surface area contributed by atoms with E-state index in [0.717, 1.165) is 16.0 Å². The highest BCUT2D eigenvalue weighted by molar-refractivity contribution is 9.10. The van der Waals surface area contributed by atoms with Crippen molar-refractivity contribution in [3.63, 3.8) is 0 Å². The van der Waals surface area contributed by atoms with E-state index in [1.54, 1.807) is 12.1 Å². The van der Waals surface area contributed by atoms with E-state index in [4.69, 9.17) is 10.5 Å². The van der Waals surface area contributed by atoms with Crippen molar-refractivity contribution in [2.75, 3.05) is 5.73 Å². The molecule has 0 fully saturated rings. The van der Waals surface area contributed by atoms with Crippen molar-refractivity contribution in [2.45, 2.75) is 26.7 Å². The fourth-order valence-electron chi connectivity index (χ4n) is 1.61. The van der Waals surface area contributed by atoms with Gasteiger partial charge in [0.1, 0.15) is 5.82 Å². The highest BCUT2D eigenvalue weighted by atomic mass is 79.9. The van der Waals surface area contributed by atoms with Gasteiger partial charge in [0.05, 0.1) is 10.2 Å². The zero-order valence-corrected chi connectivity index (χ0v) is 12.7. The lowest BCUT2D eigenvalue weighted by Crippen LogP contribution is -2.02. The summed E-state index contributed by atoms with van der Waals surface area (Å²) in [6, 6.07) is 7.32. The van der Waals surface area contributed by atoms with Gasteiger partial charge in [-0.15, -0.1) is 0 Å². The third kappa shape index (κ3) is 3.23. The van der Waals surface area contributed by atoms with Crippen LogP contribution in [0.15, 0.2) is 28.7 Å². The predicted molar refractivity (Wildman–Crippen MR) is 79.5 cm³/mol. The standard InChI is InChI=1S/C14H16BrN3O/c1-8(2)14-17-9(3)7-12(18-14)19-13-10(15)5-4-6-11(13)16/h4-8H,16H2,1-3H3. The fourth-order valence-corrected chi connectivity index (χ4v) is 2.07. The van der Waals surface area contributed by atoms with E-state index < -0.39 is 0 Å². The number of anilines is 1. The van der Waals surface area contributed by atoms with Crippen LogP contribution in [0.1, 0.15) is 31.3 Å². The van der Waals surface area contributed by atoms with Gasteiger partial charge in [0.25, 0.3) is 0 Å². The Labute approximate surface area is 121 Å². The van der Waals surface area contributed by atoms with Crippen LogP contribution in [-0.2, 0) is 0 Å². The SMILES string of the molecule is Cc1cc(Oc2c(N)cccc2Br)nc(C(C)C)n1. The largest absolute Gasteiger partial charge is 0.436 e. The number of nitrogens with two attached hydrogens (primary N) is 1. The van der Waals surface area contributed by atoms with Gasteiger partial charge < -0.3 is 10.5 Å². The molecule has 5 heteroatoms. The molecule has 4 nitrogen and oxygen atoms in total. The highest BCUT2D eigenvalue weighted by Crippen LogP contribution is 2.34. The molecular weight excluding hydrogens is 306 g/mol. The number of halogens is 1. The highest BCUT2D eigenvalue weighted by Gasteiger charge is 2.11. The van der Waals surface area contributed by atoms with Gasteiger partial charge in [-0.25, -0.2) is 4.98 Å².